The van der Waals surface area contributed by atoms with Crippen molar-refractivity contribution in [1.29, 1.82) is 0 Å². The largest absolute Gasteiger partial charge is 0.386 e. The Bertz CT molecular complexity index is 423. The lowest BCUT2D eigenvalue weighted by atomic mass is 10.0. The van der Waals surface area contributed by atoms with E-state index in [-0.39, 0.29) is 6.04 Å². The van der Waals surface area contributed by atoms with Crippen LogP contribution in [0.15, 0.2) is 60.7 Å². The van der Waals surface area contributed by atoms with Crippen LogP contribution in [0.25, 0.3) is 0 Å². The Labute approximate surface area is 109 Å². The van der Waals surface area contributed by atoms with E-state index >= 15 is 0 Å². The summed E-state index contributed by atoms with van der Waals surface area (Å²) in [4.78, 5) is 2.09. The second-order valence-corrected chi connectivity index (χ2v) is 4.54. The molecule has 0 spiro atoms. The van der Waals surface area contributed by atoms with Gasteiger partial charge in [-0.05, 0) is 24.6 Å². The monoisotopic (exact) mass is 241 g/mol. The molecule has 0 bridgehead atoms. The number of anilines is 1. The minimum atomic E-state index is -0.489. The summed E-state index contributed by atoms with van der Waals surface area (Å²) in [6.07, 6.45) is -0.489. The highest BCUT2D eigenvalue weighted by Crippen LogP contribution is 2.23. The predicted octanol–water partition coefficient (Wildman–Crippen LogP) is 3.24. The maximum absolute atomic E-state index is 10.4. The molecule has 0 saturated heterocycles. The van der Waals surface area contributed by atoms with Crippen molar-refractivity contribution in [1.82, 2.24) is 0 Å². The molecular weight excluding hydrogens is 222 g/mol. The van der Waals surface area contributed by atoms with E-state index in [4.69, 9.17) is 0 Å². The van der Waals surface area contributed by atoms with E-state index in [0.29, 0.717) is 0 Å². The second kappa shape index (κ2) is 5.69. The van der Waals surface area contributed by atoms with E-state index in [1.54, 1.807) is 0 Å². The van der Waals surface area contributed by atoms with Crippen molar-refractivity contribution in [2.75, 3.05) is 11.9 Å². The first-order valence-corrected chi connectivity index (χ1v) is 6.21. The van der Waals surface area contributed by atoms with Gasteiger partial charge in [0.15, 0.2) is 0 Å². The summed E-state index contributed by atoms with van der Waals surface area (Å²) < 4.78 is 0. The van der Waals surface area contributed by atoms with Crippen molar-refractivity contribution in [3.63, 3.8) is 0 Å². The summed E-state index contributed by atoms with van der Waals surface area (Å²) >= 11 is 0. The Morgan fingerprint density at radius 2 is 1.39 bits per heavy atom. The average molecular weight is 241 g/mol. The van der Waals surface area contributed by atoms with E-state index in [9.17, 15) is 5.11 Å². The normalized spacial score (nSPS) is 13.9. The summed E-state index contributed by atoms with van der Waals surface area (Å²) in [7, 11) is 2.01. The molecule has 0 radical (unpaired) electrons. The third-order valence-corrected chi connectivity index (χ3v) is 3.37. The topological polar surface area (TPSA) is 23.5 Å². The molecule has 0 aliphatic rings. The summed E-state index contributed by atoms with van der Waals surface area (Å²) in [6, 6.07) is 19.9. The van der Waals surface area contributed by atoms with Crippen molar-refractivity contribution in [2.45, 2.75) is 19.1 Å². The molecule has 0 amide bonds. The van der Waals surface area contributed by atoms with Gasteiger partial charge in [-0.1, -0.05) is 48.5 Å². The molecule has 1 unspecified atom stereocenters. The predicted molar refractivity (Wildman–Crippen MR) is 75.7 cm³/mol. The average Bonchev–Trinajstić information content (AvgIpc) is 2.47. The molecule has 1 N–H and O–H groups in total. The van der Waals surface area contributed by atoms with Gasteiger partial charge >= 0.3 is 0 Å². The first-order valence-electron chi connectivity index (χ1n) is 6.21. The lowest BCUT2D eigenvalue weighted by Crippen LogP contribution is -2.34. The highest BCUT2D eigenvalue weighted by Gasteiger charge is 2.20. The Morgan fingerprint density at radius 3 is 1.94 bits per heavy atom. The quantitative estimate of drug-likeness (QED) is 0.888. The van der Waals surface area contributed by atoms with Crippen LogP contribution in [0.3, 0.4) is 0 Å². The van der Waals surface area contributed by atoms with Gasteiger partial charge in [0.1, 0.15) is 0 Å². The number of aliphatic hydroxyl groups excluding tert-OH is 1. The van der Waals surface area contributed by atoms with Crippen LogP contribution in [0.2, 0.25) is 0 Å². The molecule has 18 heavy (non-hydrogen) atoms. The van der Waals surface area contributed by atoms with Crippen LogP contribution in [0, 0.1) is 0 Å². The lowest BCUT2D eigenvalue weighted by Gasteiger charge is -2.31. The molecule has 0 aliphatic carbocycles. The molecule has 2 atom stereocenters. The maximum atomic E-state index is 10.4. The Hall–Kier alpha value is -1.80. The SMILES string of the molecule is CC([C@H](O)c1ccccc1)N(C)c1ccccc1. The first kappa shape index (κ1) is 12.7. The van der Waals surface area contributed by atoms with Crippen molar-refractivity contribution < 1.29 is 5.11 Å². The third kappa shape index (κ3) is 2.71. The van der Waals surface area contributed by atoms with Crippen molar-refractivity contribution in [3.8, 4) is 0 Å². The molecule has 2 aromatic carbocycles. The smallest absolute Gasteiger partial charge is 0.0990 e. The molecule has 94 valence electrons. The summed E-state index contributed by atoms with van der Waals surface area (Å²) in [5.41, 5.74) is 2.06. The fourth-order valence-corrected chi connectivity index (χ4v) is 2.04. The van der Waals surface area contributed by atoms with E-state index in [1.165, 1.54) is 0 Å². The van der Waals surface area contributed by atoms with E-state index < -0.39 is 6.10 Å². The Balaban J connectivity index is 2.14. The second-order valence-electron chi connectivity index (χ2n) is 4.54. The maximum Gasteiger partial charge on any atom is 0.0990 e. The van der Waals surface area contributed by atoms with Crippen LogP contribution in [0.5, 0.6) is 0 Å². The molecule has 0 aliphatic heterocycles. The number of rotatable bonds is 4. The number of hydrogen-bond acceptors (Lipinski definition) is 2. The minimum Gasteiger partial charge on any atom is -0.386 e. The van der Waals surface area contributed by atoms with Gasteiger partial charge in [0, 0.05) is 12.7 Å². The van der Waals surface area contributed by atoms with Crippen LogP contribution < -0.4 is 4.90 Å². The fourth-order valence-electron chi connectivity index (χ4n) is 2.04. The number of benzene rings is 2. The van der Waals surface area contributed by atoms with Gasteiger partial charge in [-0.3, -0.25) is 0 Å². The summed E-state index contributed by atoms with van der Waals surface area (Å²) in [6.45, 7) is 2.03. The molecular formula is C16H19NO. The Morgan fingerprint density at radius 1 is 0.889 bits per heavy atom. The number of para-hydroxylation sites is 1. The van der Waals surface area contributed by atoms with E-state index in [0.717, 1.165) is 11.3 Å². The zero-order valence-electron chi connectivity index (χ0n) is 10.8. The van der Waals surface area contributed by atoms with Crippen molar-refractivity contribution in [3.05, 3.63) is 66.2 Å². The first-order chi connectivity index (χ1) is 8.70. The number of likely N-dealkylation sites (N-methyl/N-ethyl adjacent to an activating group) is 1. The van der Waals surface area contributed by atoms with Gasteiger partial charge in [-0.15, -0.1) is 0 Å². The highest BCUT2D eigenvalue weighted by molar-refractivity contribution is 5.46. The molecule has 2 aromatic rings. The van der Waals surface area contributed by atoms with E-state index in [2.05, 4.69) is 4.90 Å². The van der Waals surface area contributed by atoms with Gasteiger partial charge in [0.2, 0.25) is 0 Å². The fraction of sp³-hybridized carbons (Fsp3) is 0.250. The molecule has 0 heterocycles. The van der Waals surface area contributed by atoms with Gasteiger partial charge in [-0.2, -0.15) is 0 Å². The molecule has 2 rings (SSSR count). The molecule has 0 saturated carbocycles. The molecule has 2 heteroatoms. The molecule has 0 fully saturated rings. The van der Waals surface area contributed by atoms with Crippen molar-refractivity contribution >= 4 is 5.69 Å². The number of hydrogen-bond donors (Lipinski definition) is 1. The zero-order valence-corrected chi connectivity index (χ0v) is 10.8. The van der Waals surface area contributed by atoms with Crippen LogP contribution in [-0.4, -0.2) is 18.2 Å². The highest BCUT2D eigenvalue weighted by atomic mass is 16.3. The van der Waals surface area contributed by atoms with E-state index in [1.807, 2.05) is 74.6 Å². The van der Waals surface area contributed by atoms with Crippen molar-refractivity contribution in [2.24, 2.45) is 0 Å². The third-order valence-electron chi connectivity index (χ3n) is 3.37. The van der Waals surface area contributed by atoms with Crippen LogP contribution in [0.1, 0.15) is 18.6 Å². The van der Waals surface area contributed by atoms with Gasteiger partial charge in [0.05, 0.1) is 12.1 Å². The zero-order chi connectivity index (χ0) is 13.0. The number of nitrogens with zero attached hydrogens (tertiary/aromatic N) is 1. The molecule has 0 aromatic heterocycles. The standard InChI is InChI=1S/C16H19NO/c1-13(16(18)14-9-5-3-6-10-14)17(2)15-11-7-4-8-12-15/h3-13,16,18H,1-2H3/t13?,16-/m0/s1. The van der Waals surface area contributed by atoms with Gasteiger partial charge < -0.3 is 10.0 Å². The van der Waals surface area contributed by atoms with Gasteiger partial charge in [-0.25, -0.2) is 0 Å². The molecule has 2 nitrogen and oxygen atoms in total. The lowest BCUT2D eigenvalue weighted by molar-refractivity contribution is 0.151. The van der Waals surface area contributed by atoms with Gasteiger partial charge in [0.25, 0.3) is 0 Å². The Kier molecular flexibility index (Phi) is 4.00. The van der Waals surface area contributed by atoms with Crippen LogP contribution >= 0.6 is 0 Å². The summed E-state index contributed by atoms with van der Waals surface area (Å²) in [5.74, 6) is 0. The summed E-state index contributed by atoms with van der Waals surface area (Å²) in [5, 5.41) is 10.4. The number of aliphatic hydroxyl groups is 1. The van der Waals surface area contributed by atoms with Crippen LogP contribution in [-0.2, 0) is 0 Å². The minimum absolute atomic E-state index is 0.0230. The van der Waals surface area contributed by atoms with Crippen LogP contribution in [0.4, 0.5) is 5.69 Å².